The molecule has 2 N–H and O–H groups in total. The van der Waals surface area contributed by atoms with Gasteiger partial charge in [-0.3, -0.25) is 4.79 Å². The minimum absolute atomic E-state index is 0.102. The first-order valence-corrected chi connectivity index (χ1v) is 8.85. The Labute approximate surface area is 160 Å². The van der Waals surface area contributed by atoms with Gasteiger partial charge in [-0.25, -0.2) is 13.6 Å². The van der Waals surface area contributed by atoms with E-state index in [1.165, 1.54) is 0 Å². The first kappa shape index (κ1) is 20.7. The van der Waals surface area contributed by atoms with Crippen LogP contribution in [0.5, 0.6) is 0 Å². The zero-order chi connectivity index (χ0) is 20.2. The summed E-state index contributed by atoms with van der Waals surface area (Å²) in [5.74, 6) is -2.72. The summed E-state index contributed by atoms with van der Waals surface area (Å²) in [5.41, 5.74) is -0.439. The maximum Gasteiger partial charge on any atom is 0.340 e. The lowest BCUT2D eigenvalue weighted by molar-refractivity contribution is -0.123. The quantitative estimate of drug-likeness (QED) is 0.560. The number of halogens is 2. The minimum Gasteiger partial charge on any atom is -0.465 e. The molecule has 5 nitrogen and oxygen atoms in total. The fourth-order valence-electron chi connectivity index (χ4n) is 1.93. The smallest absolute Gasteiger partial charge is 0.340 e. The highest BCUT2D eigenvalue weighted by Gasteiger charge is 2.21. The zero-order valence-corrected chi connectivity index (χ0v) is 16.2. The molecule has 8 heteroatoms. The number of hydrogen-bond donors (Lipinski definition) is 2. The first-order chi connectivity index (χ1) is 12.6. The Morgan fingerprint density at radius 2 is 1.67 bits per heavy atom. The van der Waals surface area contributed by atoms with Crippen molar-refractivity contribution in [2.45, 2.75) is 25.7 Å². The highest BCUT2D eigenvalue weighted by Crippen LogP contribution is 2.27. The Kier molecular flexibility index (Phi) is 6.43. The van der Waals surface area contributed by atoms with Gasteiger partial charge in [-0.1, -0.05) is 20.8 Å². The van der Waals surface area contributed by atoms with E-state index in [0.29, 0.717) is 5.69 Å². The number of carbonyl (C=O) groups is 2. The molecule has 27 heavy (non-hydrogen) atoms. The molecule has 0 saturated heterocycles. The fraction of sp³-hybridized carbons (Fsp3) is 0.263. The van der Waals surface area contributed by atoms with Crippen LogP contribution in [0.2, 0.25) is 0 Å². The van der Waals surface area contributed by atoms with E-state index >= 15 is 0 Å². The average Bonchev–Trinajstić information content (AvgIpc) is 2.61. The van der Waals surface area contributed by atoms with Crippen LogP contribution >= 0.6 is 11.9 Å². The van der Waals surface area contributed by atoms with E-state index in [1.807, 2.05) is 20.8 Å². The maximum absolute atomic E-state index is 14.1. The van der Waals surface area contributed by atoms with Gasteiger partial charge in [-0.15, -0.1) is 0 Å². The summed E-state index contributed by atoms with van der Waals surface area (Å²) < 4.78 is 35.1. The molecule has 144 valence electrons. The normalized spacial score (nSPS) is 11.0. The fourth-order valence-corrected chi connectivity index (χ4v) is 2.59. The van der Waals surface area contributed by atoms with Crippen LogP contribution in [0.3, 0.4) is 0 Å². The van der Waals surface area contributed by atoms with Crippen LogP contribution in [0, 0.1) is 17.0 Å². The van der Waals surface area contributed by atoms with Crippen molar-refractivity contribution in [2.75, 3.05) is 17.1 Å². The molecule has 0 atom stereocenters. The number of carbonyl (C=O) groups excluding carboxylic acids is 2. The van der Waals surface area contributed by atoms with Gasteiger partial charge in [-0.05, 0) is 42.3 Å². The molecule has 0 aliphatic heterocycles. The third kappa shape index (κ3) is 5.43. The molecule has 0 unspecified atom stereocenters. The van der Waals surface area contributed by atoms with Crippen molar-refractivity contribution in [1.82, 2.24) is 0 Å². The van der Waals surface area contributed by atoms with Crippen LogP contribution in [0.1, 0.15) is 31.1 Å². The molecular weight excluding hydrogens is 374 g/mol. The number of rotatable bonds is 5. The summed E-state index contributed by atoms with van der Waals surface area (Å²) >= 11 is 1.06. The van der Waals surface area contributed by atoms with E-state index in [4.69, 9.17) is 0 Å². The van der Waals surface area contributed by atoms with Crippen molar-refractivity contribution in [3.05, 3.63) is 53.6 Å². The minimum atomic E-state index is -0.946. The second kappa shape index (κ2) is 8.39. The molecule has 0 aromatic heterocycles. The summed E-state index contributed by atoms with van der Waals surface area (Å²) in [7, 11) is 1.09. The number of nitrogens with one attached hydrogen (secondary N) is 2. The van der Waals surface area contributed by atoms with Crippen molar-refractivity contribution in [2.24, 2.45) is 5.41 Å². The first-order valence-electron chi connectivity index (χ1n) is 8.03. The average molecular weight is 394 g/mol. The van der Waals surface area contributed by atoms with Crippen LogP contribution in [-0.4, -0.2) is 19.0 Å². The highest BCUT2D eigenvalue weighted by atomic mass is 32.2. The van der Waals surface area contributed by atoms with Crippen LogP contribution < -0.4 is 10.0 Å². The molecule has 0 aliphatic rings. The van der Waals surface area contributed by atoms with Gasteiger partial charge in [-0.2, -0.15) is 0 Å². The summed E-state index contributed by atoms with van der Waals surface area (Å²) in [4.78, 5) is 24.0. The molecule has 2 rings (SSSR count). The molecule has 0 spiro atoms. The maximum atomic E-state index is 14.1. The van der Waals surface area contributed by atoms with Crippen LogP contribution in [-0.2, 0) is 9.53 Å². The van der Waals surface area contributed by atoms with Gasteiger partial charge >= 0.3 is 5.97 Å². The number of hydrogen-bond acceptors (Lipinski definition) is 5. The van der Waals surface area contributed by atoms with E-state index in [0.717, 1.165) is 36.1 Å². The molecule has 2 aromatic rings. The molecule has 0 heterocycles. The number of methoxy groups -OCH3 is 1. The predicted molar refractivity (Wildman–Crippen MR) is 102 cm³/mol. The Bertz CT molecular complexity index is 849. The van der Waals surface area contributed by atoms with Crippen LogP contribution in [0.4, 0.5) is 20.2 Å². The summed E-state index contributed by atoms with van der Waals surface area (Å²) in [6, 6.07) is 8.57. The number of ether oxygens (including phenoxy) is 1. The summed E-state index contributed by atoms with van der Waals surface area (Å²) in [6.07, 6.45) is 0. The molecule has 0 aliphatic carbocycles. The Morgan fingerprint density at radius 1 is 1.04 bits per heavy atom. The van der Waals surface area contributed by atoms with E-state index in [9.17, 15) is 18.4 Å². The standard InChI is InChI=1S/C19H20F2N2O3S/c1-19(2,3)18(25)22-11-5-7-12(8-6-11)27-23-16-10-14(20)13(9-15(16)21)17(24)26-4/h5-10,23H,1-4H3,(H,22,25). The van der Waals surface area contributed by atoms with Crippen molar-refractivity contribution < 1.29 is 23.1 Å². The molecular formula is C19H20F2N2O3S. The van der Waals surface area contributed by atoms with Gasteiger partial charge in [0.25, 0.3) is 0 Å². The second-order valence-electron chi connectivity index (χ2n) is 6.74. The molecule has 0 bridgehead atoms. The summed E-state index contributed by atoms with van der Waals surface area (Å²) in [6.45, 7) is 5.45. The largest absolute Gasteiger partial charge is 0.465 e. The van der Waals surface area contributed by atoms with Crippen LogP contribution in [0.25, 0.3) is 0 Å². The SMILES string of the molecule is COC(=O)c1cc(F)c(NSc2ccc(NC(=O)C(C)(C)C)cc2)cc1F. The van der Waals surface area contributed by atoms with Crippen molar-refractivity contribution >= 4 is 35.2 Å². The lowest BCUT2D eigenvalue weighted by Gasteiger charge is -2.17. The van der Waals surface area contributed by atoms with E-state index < -0.39 is 28.6 Å². The monoisotopic (exact) mass is 394 g/mol. The third-order valence-electron chi connectivity index (χ3n) is 3.53. The van der Waals surface area contributed by atoms with Gasteiger partial charge in [0, 0.05) is 22.1 Å². The van der Waals surface area contributed by atoms with Gasteiger partial charge in [0.2, 0.25) is 5.91 Å². The van der Waals surface area contributed by atoms with E-state index in [1.54, 1.807) is 24.3 Å². The highest BCUT2D eigenvalue weighted by molar-refractivity contribution is 8.00. The van der Waals surface area contributed by atoms with Crippen molar-refractivity contribution in [3.63, 3.8) is 0 Å². The topological polar surface area (TPSA) is 67.4 Å². The van der Waals surface area contributed by atoms with Gasteiger partial charge in [0.15, 0.2) is 0 Å². The predicted octanol–water partition coefficient (Wildman–Crippen LogP) is 4.86. The summed E-state index contributed by atoms with van der Waals surface area (Å²) in [5, 5.41) is 2.80. The second-order valence-corrected chi connectivity index (χ2v) is 7.62. The Morgan fingerprint density at radius 3 is 2.22 bits per heavy atom. The molecule has 2 aromatic carbocycles. The molecule has 0 fully saturated rings. The Hall–Kier alpha value is -2.61. The lowest BCUT2D eigenvalue weighted by atomic mass is 9.95. The molecule has 0 radical (unpaired) electrons. The number of esters is 1. The number of anilines is 2. The van der Waals surface area contributed by atoms with Crippen LogP contribution in [0.15, 0.2) is 41.3 Å². The lowest BCUT2D eigenvalue weighted by Crippen LogP contribution is -2.27. The third-order valence-corrected chi connectivity index (χ3v) is 4.36. The van der Waals surface area contributed by atoms with E-state index in [-0.39, 0.29) is 11.6 Å². The molecule has 0 saturated carbocycles. The van der Waals surface area contributed by atoms with E-state index in [2.05, 4.69) is 14.8 Å². The Balaban J connectivity index is 2.04. The van der Waals surface area contributed by atoms with Gasteiger partial charge < -0.3 is 14.8 Å². The van der Waals surface area contributed by atoms with Gasteiger partial charge in [0.05, 0.1) is 18.4 Å². The van der Waals surface area contributed by atoms with Crippen molar-refractivity contribution in [1.29, 1.82) is 0 Å². The zero-order valence-electron chi connectivity index (χ0n) is 15.4. The number of benzene rings is 2. The van der Waals surface area contributed by atoms with Crippen molar-refractivity contribution in [3.8, 4) is 0 Å². The number of amides is 1. The van der Waals surface area contributed by atoms with Gasteiger partial charge in [0.1, 0.15) is 11.6 Å². The molecule has 1 amide bonds.